The highest BCUT2D eigenvalue weighted by Gasteiger charge is 2.70. The van der Waals surface area contributed by atoms with E-state index >= 15 is 0 Å². The molecular weight excluding hydrogens is 811 g/mol. The van der Waals surface area contributed by atoms with E-state index in [4.69, 9.17) is 9.97 Å². The fourth-order valence-corrected chi connectivity index (χ4v) is 14.5. The van der Waals surface area contributed by atoms with Crippen LogP contribution in [0.3, 0.4) is 0 Å². The number of pyridine rings is 3. The van der Waals surface area contributed by atoms with Crippen LogP contribution in [0.15, 0.2) is 200 Å². The van der Waals surface area contributed by atoms with E-state index in [1.165, 1.54) is 64.7 Å². The fourth-order valence-electron chi connectivity index (χ4n) is 14.5. The number of allylic oxidation sites excluding steroid dienone is 10. The molecule has 0 saturated heterocycles. The first kappa shape index (κ1) is 37.9. The Bertz CT molecular complexity index is 3570. The Morgan fingerprint density at radius 2 is 1.18 bits per heavy atom. The molecule has 7 aliphatic rings. The predicted octanol–water partition coefficient (Wildman–Crippen LogP) is 15.8. The molecule has 3 saturated carbocycles. The first-order valence-electron chi connectivity index (χ1n) is 24.7. The van der Waals surface area contributed by atoms with Crippen LogP contribution in [0, 0.1) is 29.1 Å². The second kappa shape index (κ2) is 14.4. The average Bonchev–Trinajstić information content (AvgIpc) is 3.76. The molecule has 8 aromatic rings. The topological polar surface area (TPSA) is 38.7 Å². The Morgan fingerprint density at radius 1 is 0.493 bits per heavy atom. The minimum atomic E-state index is 0.495. The molecule has 3 heterocycles. The number of fused-ring (bicyclic) bond motifs is 12. The SMILES string of the molecule is C1=CC2=CC(c3cccc4c3-c3ccccc3C3CC5CC6CC4C56C3)=CCC2C2CC=C(c3ccc(-c4cc(-c5cnc6c(ccc7cccnc76)c5)cc(-c5ccccc5)n4)cc3)C=C12. The molecule has 0 N–H and O–H groups in total. The van der Waals surface area contributed by atoms with Crippen molar-refractivity contribution in [2.24, 2.45) is 29.1 Å². The van der Waals surface area contributed by atoms with E-state index in [2.05, 4.69) is 175 Å². The molecule has 320 valence electrons. The van der Waals surface area contributed by atoms with Gasteiger partial charge in [0, 0.05) is 39.9 Å². The average molecular weight is 860 g/mol. The Kier molecular flexibility index (Phi) is 8.14. The summed E-state index contributed by atoms with van der Waals surface area (Å²) >= 11 is 0. The minimum absolute atomic E-state index is 0.495. The Balaban J connectivity index is 0.724. The lowest BCUT2D eigenvalue weighted by Crippen LogP contribution is -2.59. The largest absolute Gasteiger partial charge is 0.254 e. The Hall–Kier alpha value is -7.23. The molecule has 3 aromatic heterocycles. The minimum Gasteiger partial charge on any atom is -0.254 e. The molecule has 15 rings (SSSR count). The van der Waals surface area contributed by atoms with Crippen LogP contribution in [-0.2, 0) is 0 Å². The van der Waals surface area contributed by atoms with Gasteiger partial charge in [-0.3, -0.25) is 9.97 Å². The second-order valence-electron chi connectivity index (χ2n) is 20.7. The van der Waals surface area contributed by atoms with Crippen molar-refractivity contribution in [3.05, 3.63) is 222 Å². The molecule has 0 radical (unpaired) electrons. The fraction of sp³-hybridized carbons (Fsp3) is 0.203. The molecule has 0 amide bonds. The second-order valence-corrected chi connectivity index (χ2v) is 20.7. The summed E-state index contributed by atoms with van der Waals surface area (Å²) in [6.45, 7) is 0. The number of aromatic nitrogens is 3. The normalized spacial score (nSPS) is 25.9. The summed E-state index contributed by atoms with van der Waals surface area (Å²) in [6.07, 6.45) is 26.6. The molecule has 2 bridgehead atoms. The number of nitrogens with zero attached hydrogens (tertiary/aromatic N) is 3. The lowest BCUT2D eigenvalue weighted by molar-refractivity contribution is -0.144. The van der Waals surface area contributed by atoms with Gasteiger partial charge in [0.05, 0.1) is 22.4 Å². The highest BCUT2D eigenvalue weighted by Crippen LogP contribution is 2.80. The zero-order valence-electron chi connectivity index (χ0n) is 37.4. The summed E-state index contributed by atoms with van der Waals surface area (Å²) in [7, 11) is 0. The molecule has 67 heavy (non-hydrogen) atoms. The van der Waals surface area contributed by atoms with Crippen molar-refractivity contribution in [1.29, 1.82) is 0 Å². The van der Waals surface area contributed by atoms with Gasteiger partial charge in [-0.25, -0.2) is 4.98 Å². The van der Waals surface area contributed by atoms with E-state index in [-0.39, 0.29) is 0 Å². The van der Waals surface area contributed by atoms with Gasteiger partial charge in [-0.1, -0.05) is 152 Å². The van der Waals surface area contributed by atoms with Crippen molar-refractivity contribution < 1.29 is 0 Å². The van der Waals surface area contributed by atoms with E-state index in [0.717, 1.165) is 86.0 Å². The van der Waals surface area contributed by atoms with Gasteiger partial charge in [-0.15, -0.1) is 0 Å². The van der Waals surface area contributed by atoms with E-state index in [1.807, 2.05) is 18.5 Å². The van der Waals surface area contributed by atoms with Gasteiger partial charge in [-0.2, -0.15) is 0 Å². The Morgan fingerprint density at radius 3 is 2.01 bits per heavy atom. The van der Waals surface area contributed by atoms with Crippen LogP contribution in [0.1, 0.15) is 72.6 Å². The number of hydrogen-bond acceptors (Lipinski definition) is 3. The third-order valence-corrected chi connectivity index (χ3v) is 17.7. The highest BCUT2D eigenvalue weighted by molar-refractivity contribution is 6.03. The van der Waals surface area contributed by atoms with Crippen molar-refractivity contribution in [3.63, 3.8) is 0 Å². The van der Waals surface area contributed by atoms with Gasteiger partial charge in [0.2, 0.25) is 0 Å². The molecule has 1 spiro atoms. The summed E-state index contributed by atoms with van der Waals surface area (Å²) < 4.78 is 0. The van der Waals surface area contributed by atoms with Crippen LogP contribution < -0.4 is 0 Å². The van der Waals surface area contributed by atoms with Crippen molar-refractivity contribution in [1.82, 2.24) is 15.0 Å². The Labute approximate surface area is 392 Å². The predicted molar refractivity (Wildman–Crippen MR) is 274 cm³/mol. The maximum Gasteiger partial charge on any atom is 0.0964 e. The van der Waals surface area contributed by atoms with E-state index in [0.29, 0.717) is 23.2 Å². The lowest BCUT2D eigenvalue weighted by atomic mass is 9.37. The van der Waals surface area contributed by atoms with Crippen LogP contribution in [0.2, 0.25) is 0 Å². The van der Waals surface area contributed by atoms with E-state index < -0.39 is 0 Å². The quantitative estimate of drug-likeness (QED) is 0.162. The molecule has 7 unspecified atom stereocenters. The molecule has 5 aromatic carbocycles. The maximum absolute atomic E-state index is 5.25. The van der Waals surface area contributed by atoms with Gasteiger partial charge >= 0.3 is 0 Å². The van der Waals surface area contributed by atoms with Gasteiger partial charge in [0.1, 0.15) is 0 Å². The van der Waals surface area contributed by atoms with Crippen molar-refractivity contribution in [3.8, 4) is 44.8 Å². The molecule has 0 aliphatic heterocycles. The molecular formula is C64H49N3. The molecule has 3 nitrogen and oxygen atoms in total. The van der Waals surface area contributed by atoms with Crippen LogP contribution in [0.25, 0.3) is 77.7 Å². The van der Waals surface area contributed by atoms with E-state index in [9.17, 15) is 0 Å². The van der Waals surface area contributed by atoms with Crippen LogP contribution in [0.4, 0.5) is 0 Å². The lowest BCUT2D eigenvalue weighted by Gasteiger charge is -2.67. The molecule has 7 aliphatic carbocycles. The van der Waals surface area contributed by atoms with Crippen LogP contribution >= 0.6 is 0 Å². The zero-order valence-corrected chi connectivity index (χ0v) is 37.4. The van der Waals surface area contributed by atoms with Crippen LogP contribution in [0.5, 0.6) is 0 Å². The highest BCUT2D eigenvalue weighted by atomic mass is 14.8. The third-order valence-electron chi connectivity index (χ3n) is 17.7. The van der Waals surface area contributed by atoms with Crippen molar-refractivity contribution >= 4 is 33.0 Å². The van der Waals surface area contributed by atoms with Crippen molar-refractivity contribution in [2.45, 2.75) is 50.4 Å². The summed E-state index contributed by atoms with van der Waals surface area (Å²) in [5.41, 5.74) is 23.3. The van der Waals surface area contributed by atoms with Crippen LogP contribution in [-0.4, -0.2) is 15.0 Å². The van der Waals surface area contributed by atoms with Gasteiger partial charge in [0.15, 0.2) is 0 Å². The number of rotatable bonds is 5. The molecule has 3 heteroatoms. The number of benzene rings is 5. The standard InChI is InChI=1S/C64H49N3/c1-2-8-39(9-3-1)59-32-47(49-30-46-22-19-41-10-7-27-65-62(41)63(46)66-37-49)33-60(67-59)40-17-15-38(16-18-40)42-23-25-53-43(28-42)20-21-44-29-45(24-26-54(44)53)55-13-6-14-57-58-35-51-34-50-31-48(36-64(50,51)58)52-11-4-5-12-56(52)61(55)57/h1-24,27-30,32-33,37,48,50-51,53-54,58H,25-26,31,34-36H2. The monoisotopic (exact) mass is 859 g/mol. The first-order valence-corrected chi connectivity index (χ1v) is 24.7. The number of hydrogen-bond donors (Lipinski definition) is 0. The van der Waals surface area contributed by atoms with Crippen molar-refractivity contribution in [2.75, 3.05) is 0 Å². The van der Waals surface area contributed by atoms with Gasteiger partial charge in [-0.05, 0) is 165 Å². The molecule has 3 fully saturated rings. The maximum atomic E-state index is 5.25. The molecule has 7 atom stereocenters. The van der Waals surface area contributed by atoms with Gasteiger partial charge < -0.3 is 0 Å². The third kappa shape index (κ3) is 5.67. The zero-order chi connectivity index (χ0) is 43.8. The summed E-state index contributed by atoms with van der Waals surface area (Å²) in [5, 5.41) is 2.17. The summed E-state index contributed by atoms with van der Waals surface area (Å²) in [4.78, 5) is 14.9. The first-order chi connectivity index (χ1) is 33.1. The summed E-state index contributed by atoms with van der Waals surface area (Å²) in [6, 6.07) is 51.3. The van der Waals surface area contributed by atoms with E-state index in [1.54, 1.807) is 16.7 Å². The smallest absolute Gasteiger partial charge is 0.0964 e. The summed E-state index contributed by atoms with van der Waals surface area (Å²) in [5.74, 6) is 4.32. The van der Waals surface area contributed by atoms with Gasteiger partial charge in [0.25, 0.3) is 0 Å².